The molecule has 3 aliphatic rings. The summed E-state index contributed by atoms with van der Waals surface area (Å²) in [5, 5.41) is 43.4. The Morgan fingerprint density at radius 3 is 0.848 bits per heavy atom. The van der Waals surface area contributed by atoms with Crippen LogP contribution < -0.4 is 28.4 Å². The first-order valence-electron chi connectivity index (χ1n) is 33.4. The fourth-order valence-electron chi connectivity index (χ4n) is 11.6. The molecule has 0 bridgehead atoms. The molecule has 0 spiro atoms. The zero-order valence-corrected chi connectivity index (χ0v) is 57.6. The lowest BCUT2D eigenvalue weighted by molar-refractivity contribution is 0.133. The highest BCUT2D eigenvalue weighted by molar-refractivity contribution is 7.10. The molecule has 27 nitrogen and oxygen atoms in total. The fraction of sp³-hybridized carbons (Fsp3) is 0.391. The first-order valence-corrected chi connectivity index (χ1v) is 36.1. The molecular weight excluding hydrogens is 1320 g/mol. The summed E-state index contributed by atoms with van der Waals surface area (Å²) in [6.45, 7) is 7.62. The van der Waals surface area contributed by atoms with Crippen molar-refractivity contribution in [3.63, 3.8) is 0 Å². The maximum Gasteiger partial charge on any atom is 0.316 e. The zero-order chi connectivity index (χ0) is 67.4. The smallest absolute Gasteiger partial charge is 0.316 e. The van der Waals surface area contributed by atoms with Crippen molar-refractivity contribution in [3.05, 3.63) is 194 Å². The molecule has 3 saturated carbocycles. The van der Waals surface area contributed by atoms with Crippen LogP contribution in [-0.4, -0.2) is 124 Å². The molecule has 9 aromatic heterocycles. The van der Waals surface area contributed by atoms with E-state index < -0.39 is 0 Å². The number of ether oxygens (including phenoxy) is 6. The van der Waals surface area contributed by atoms with E-state index in [1.54, 1.807) is 67.0 Å². The molecule has 0 N–H and O–H groups in total. The minimum atomic E-state index is 0.174. The van der Waals surface area contributed by atoms with E-state index in [9.17, 15) is 0 Å². The highest BCUT2D eigenvalue weighted by Crippen LogP contribution is 2.39. The van der Waals surface area contributed by atoms with Gasteiger partial charge in [-0.15, -0.1) is 49.3 Å². The number of hydrogen-bond acceptors (Lipinski definition) is 27. The van der Waals surface area contributed by atoms with Gasteiger partial charge in [0.1, 0.15) is 74.4 Å². The summed E-state index contributed by atoms with van der Waals surface area (Å²) >= 11 is 5.16. The molecule has 0 atom stereocenters. The number of thiazole rings is 3. The van der Waals surface area contributed by atoms with E-state index in [2.05, 4.69) is 113 Å². The average molecular weight is 1390 g/mol. The van der Waals surface area contributed by atoms with Gasteiger partial charge in [0.15, 0.2) is 0 Å². The lowest BCUT2D eigenvalue weighted by Gasteiger charge is -2.27. The lowest BCUT2D eigenvalue weighted by Crippen LogP contribution is -2.24. The monoisotopic (exact) mass is 1390 g/mol. The van der Waals surface area contributed by atoms with Gasteiger partial charge >= 0.3 is 18.0 Å². The molecule has 9 heterocycles. The highest BCUT2D eigenvalue weighted by atomic mass is 32.1. The second-order valence-electron chi connectivity index (χ2n) is 24.1. The van der Waals surface area contributed by atoms with Crippen molar-refractivity contribution >= 4 is 34.0 Å². The van der Waals surface area contributed by atoms with E-state index in [0.29, 0.717) is 55.6 Å². The van der Waals surface area contributed by atoms with Crippen molar-refractivity contribution in [2.75, 3.05) is 0 Å². The summed E-state index contributed by atoms with van der Waals surface area (Å²) in [5.41, 5.74) is 8.89. The quantitative estimate of drug-likeness (QED) is 0.0543. The number of tetrazole rings is 3. The molecule has 99 heavy (non-hydrogen) atoms. The molecule has 0 saturated heterocycles. The van der Waals surface area contributed by atoms with Crippen LogP contribution in [-0.2, 0) is 39.1 Å². The van der Waals surface area contributed by atoms with Crippen LogP contribution in [0.5, 0.6) is 35.3 Å². The third-order valence-corrected chi connectivity index (χ3v) is 20.5. The van der Waals surface area contributed by atoms with Crippen LogP contribution in [0.2, 0.25) is 0 Å². The zero-order valence-electron chi connectivity index (χ0n) is 55.1. The van der Waals surface area contributed by atoms with Crippen molar-refractivity contribution < 1.29 is 28.4 Å². The van der Waals surface area contributed by atoms with Gasteiger partial charge in [-0.1, -0.05) is 20.8 Å². The predicted octanol–water partition coefficient (Wildman–Crippen LogP) is 12.5. The minimum absolute atomic E-state index is 0.174. The molecule has 3 aromatic carbocycles. The van der Waals surface area contributed by atoms with Crippen LogP contribution in [0.3, 0.4) is 0 Å². The van der Waals surface area contributed by atoms with Crippen LogP contribution in [0.15, 0.2) is 145 Å². The standard InChI is InChI=1S/3C23H25N7O2S/c3*1-2-16-11-24-23(25-12-16)32-21-7-3-17(4-8-21)22-27-18(14-33-22)13-31-20-9-5-19(6-10-20)30-15-26-28-29-30/h3*5-6,9-12,14-15,17,21H,2-4,7-8,13H2,1H3. The molecule has 15 rings (SSSR count). The molecule has 0 unspecified atom stereocenters. The lowest BCUT2D eigenvalue weighted by atomic mass is 9.88. The second kappa shape index (κ2) is 33.8. The van der Waals surface area contributed by atoms with Crippen LogP contribution in [0, 0.1) is 0 Å². The molecule has 510 valence electrons. The maximum absolute atomic E-state index is 5.99. The molecular formula is C69H75N21O6S3. The van der Waals surface area contributed by atoms with Crippen molar-refractivity contribution in [2.45, 2.75) is 173 Å². The summed E-state index contributed by atoms with van der Waals surface area (Å²) in [6.07, 6.45) is 31.3. The molecule has 0 aliphatic heterocycles. The summed E-state index contributed by atoms with van der Waals surface area (Å²) in [6, 6.07) is 24.4. The Labute approximate surface area is 583 Å². The van der Waals surface area contributed by atoms with Gasteiger partial charge in [-0.05, 0) is 217 Å². The van der Waals surface area contributed by atoms with Gasteiger partial charge in [0.05, 0.1) is 49.2 Å². The van der Waals surface area contributed by atoms with Gasteiger partial charge in [-0.3, -0.25) is 0 Å². The Morgan fingerprint density at radius 1 is 0.354 bits per heavy atom. The fourth-order valence-corrected chi connectivity index (χ4v) is 14.5. The molecule has 0 radical (unpaired) electrons. The third kappa shape index (κ3) is 18.9. The Hall–Kier alpha value is -10.2. The Kier molecular flexibility index (Phi) is 23.0. The normalized spacial score (nSPS) is 18.2. The number of rotatable bonds is 24. The minimum Gasteiger partial charge on any atom is -0.487 e. The summed E-state index contributed by atoms with van der Waals surface area (Å²) in [7, 11) is 0. The summed E-state index contributed by atoms with van der Waals surface area (Å²) in [5.74, 6) is 3.78. The Morgan fingerprint density at radius 2 is 0.616 bits per heavy atom. The van der Waals surface area contributed by atoms with Crippen LogP contribution in [0.4, 0.5) is 0 Å². The van der Waals surface area contributed by atoms with E-state index >= 15 is 0 Å². The van der Waals surface area contributed by atoms with Crippen LogP contribution in [0.25, 0.3) is 17.1 Å². The first kappa shape index (κ1) is 67.4. The first-order chi connectivity index (χ1) is 48.8. The van der Waals surface area contributed by atoms with E-state index in [4.69, 9.17) is 43.4 Å². The van der Waals surface area contributed by atoms with Gasteiger partial charge < -0.3 is 28.4 Å². The summed E-state index contributed by atoms with van der Waals surface area (Å²) in [4.78, 5) is 40.4. The van der Waals surface area contributed by atoms with E-state index in [-0.39, 0.29) is 18.3 Å². The topological polar surface area (TPSA) is 302 Å². The van der Waals surface area contributed by atoms with Gasteiger partial charge in [0, 0.05) is 71.1 Å². The number of hydrogen-bond donors (Lipinski definition) is 0. The number of benzene rings is 3. The molecule has 12 aromatic rings. The molecule has 3 aliphatic carbocycles. The van der Waals surface area contributed by atoms with E-state index in [1.165, 1.54) is 15.0 Å². The molecule has 30 heteroatoms. The van der Waals surface area contributed by atoms with E-state index in [1.807, 2.05) is 110 Å². The van der Waals surface area contributed by atoms with Gasteiger partial charge in [0.2, 0.25) is 0 Å². The second-order valence-corrected chi connectivity index (χ2v) is 26.8. The molecule has 0 amide bonds. The SMILES string of the molecule is CCc1cnc(OC2CCC(c3nc(COc4ccc(-n5cnnn5)cc4)cs3)CC2)nc1.CCc1cnc(OC2CCC(c3nc(COc4ccc(-n5cnnn5)cc4)cs3)CC2)nc1.CCc1cnc(OC2CCC(c3nc(COc4ccc(-n5cnnn5)cc4)cs3)CC2)nc1. The summed E-state index contributed by atoms with van der Waals surface area (Å²) < 4.78 is 40.5. The number of aromatic nitrogens is 21. The largest absolute Gasteiger partial charge is 0.487 e. The van der Waals surface area contributed by atoms with Gasteiger partial charge in [-0.2, -0.15) is 0 Å². The van der Waals surface area contributed by atoms with Crippen molar-refractivity contribution in [2.24, 2.45) is 0 Å². The van der Waals surface area contributed by atoms with Gasteiger partial charge in [0.25, 0.3) is 0 Å². The number of aryl methyl sites for hydroxylation is 3. The number of nitrogens with zero attached hydrogens (tertiary/aromatic N) is 21. The highest BCUT2D eigenvalue weighted by Gasteiger charge is 2.29. The van der Waals surface area contributed by atoms with Gasteiger partial charge in [-0.25, -0.2) is 58.9 Å². The average Bonchev–Trinajstić information content (AvgIpc) is 1.83. The van der Waals surface area contributed by atoms with E-state index in [0.717, 1.165) is 164 Å². The third-order valence-electron chi connectivity index (χ3n) is 17.4. The maximum atomic E-state index is 5.99. The van der Waals surface area contributed by atoms with Crippen molar-refractivity contribution in [1.29, 1.82) is 0 Å². The Bertz CT molecular complexity index is 3860. The van der Waals surface area contributed by atoms with Crippen molar-refractivity contribution in [1.82, 2.24) is 105 Å². The molecule has 3 fully saturated rings. The Balaban J connectivity index is 0.000000133. The predicted molar refractivity (Wildman–Crippen MR) is 368 cm³/mol. The van der Waals surface area contributed by atoms with Crippen LogP contribution in [0.1, 0.15) is 164 Å². The van der Waals surface area contributed by atoms with Crippen LogP contribution >= 0.6 is 34.0 Å². The van der Waals surface area contributed by atoms with Crippen molar-refractivity contribution in [3.8, 4) is 52.3 Å².